The van der Waals surface area contributed by atoms with Crippen LogP contribution in [0.3, 0.4) is 0 Å². The van der Waals surface area contributed by atoms with Crippen molar-refractivity contribution in [1.29, 1.82) is 0 Å². The first kappa shape index (κ1) is 19.5. The molecule has 0 saturated carbocycles. The van der Waals surface area contributed by atoms with Gasteiger partial charge in [0.15, 0.2) is 11.6 Å². The molecule has 2 heterocycles. The van der Waals surface area contributed by atoms with Crippen molar-refractivity contribution in [2.45, 2.75) is 6.92 Å². The van der Waals surface area contributed by atoms with E-state index in [9.17, 15) is 18.4 Å². The van der Waals surface area contributed by atoms with Crippen LogP contribution >= 0.6 is 11.3 Å². The Morgan fingerprint density at radius 2 is 1.93 bits per heavy atom. The van der Waals surface area contributed by atoms with Crippen molar-refractivity contribution >= 4 is 45.6 Å². The second-order valence-corrected chi connectivity index (χ2v) is 6.37. The van der Waals surface area contributed by atoms with Crippen molar-refractivity contribution in [3.63, 3.8) is 0 Å². The maximum absolute atomic E-state index is 13.8. The number of nitrogens with zero attached hydrogens (tertiary/aromatic N) is 1. The summed E-state index contributed by atoms with van der Waals surface area (Å²) in [5, 5.41) is 1.83. The highest BCUT2D eigenvalue weighted by Crippen LogP contribution is 2.30. The number of esters is 2. The van der Waals surface area contributed by atoms with E-state index >= 15 is 0 Å². The molecule has 0 aliphatic carbocycles. The number of nitrogens with one attached hydrogen (secondary N) is 2. The zero-order chi connectivity index (χ0) is 20.3. The summed E-state index contributed by atoms with van der Waals surface area (Å²) in [5.74, 6) is -3.39. The van der Waals surface area contributed by atoms with Gasteiger partial charge in [0.05, 0.1) is 30.6 Å². The molecule has 0 aliphatic heterocycles. The van der Waals surface area contributed by atoms with Crippen molar-refractivity contribution in [3.8, 4) is 0 Å². The number of thiophene rings is 1. The van der Waals surface area contributed by atoms with Gasteiger partial charge in [0.25, 0.3) is 0 Å². The fraction of sp³-hybridized carbons (Fsp3) is 0.167. The molecule has 0 atom stereocenters. The normalized spacial score (nSPS) is 10.6. The number of hydrogen-bond acceptors (Lipinski definition) is 8. The lowest BCUT2D eigenvalue weighted by Crippen LogP contribution is -2.16. The van der Waals surface area contributed by atoms with E-state index in [1.54, 1.807) is 18.4 Å². The molecular weight excluding hydrogens is 392 g/mol. The topological polar surface area (TPSA) is 89.5 Å². The molecule has 0 saturated heterocycles. The molecule has 1 aromatic carbocycles. The predicted molar refractivity (Wildman–Crippen MR) is 101 cm³/mol. The highest BCUT2D eigenvalue weighted by atomic mass is 32.1. The number of benzene rings is 1. The van der Waals surface area contributed by atoms with Crippen molar-refractivity contribution in [2.75, 3.05) is 24.6 Å². The Morgan fingerprint density at radius 1 is 1.18 bits per heavy atom. The summed E-state index contributed by atoms with van der Waals surface area (Å²) in [7, 11) is 1.26. The molecule has 0 bridgehead atoms. The van der Waals surface area contributed by atoms with Crippen LogP contribution in [0.15, 0.2) is 29.8 Å². The molecule has 0 unspecified atom stereocenters. The number of carbonyl (C=O) groups excluding carboxylic acids is 2. The van der Waals surface area contributed by atoms with Crippen LogP contribution in [0.25, 0.3) is 10.9 Å². The lowest BCUT2D eigenvalue weighted by atomic mass is 10.1. The number of fused-ring (bicyclic) bond motifs is 1. The molecule has 0 fully saturated rings. The summed E-state index contributed by atoms with van der Waals surface area (Å²) in [4.78, 5) is 28.4. The Kier molecular flexibility index (Phi) is 5.69. The Bertz CT molecular complexity index is 1050. The molecule has 3 aromatic rings. The van der Waals surface area contributed by atoms with E-state index in [1.807, 2.05) is 0 Å². The fourth-order valence-corrected chi connectivity index (χ4v) is 3.24. The summed E-state index contributed by atoms with van der Waals surface area (Å²) in [6.45, 7) is 1.76. The summed E-state index contributed by atoms with van der Waals surface area (Å²) in [6, 6.07) is 3.48. The monoisotopic (exact) mass is 407 g/mol. The van der Waals surface area contributed by atoms with E-state index < -0.39 is 23.6 Å². The maximum Gasteiger partial charge on any atom is 0.350 e. The maximum atomic E-state index is 13.8. The van der Waals surface area contributed by atoms with E-state index in [4.69, 9.17) is 9.47 Å². The Balaban J connectivity index is 2.05. The zero-order valence-corrected chi connectivity index (χ0v) is 15.7. The number of aromatic nitrogens is 1. The minimum Gasteiger partial charge on any atom is -0.465 e. The average Bonchev–Trinajstić information content (AvgIpc) is 3.15. The molecule has 146 valence electrons. The quantitative estimate of drug-likeness (QED) is 0.472. The summed E-state index contributed by atoms with van der Waals surface area (Å²) >= 11 is 1.15. The first-order valence-corrected chi connectivity index (χ1v) is 8.97. The molecule has 0 radical (unpaired) electrons. The third-order valence-electron chi connectivity index (χ3n) is 3.76. The molecule has 2 aromatic heterocycles. The Morgan fingerprint density at radius 3 is 2.64 bits per heavy atom. The number of rotatable bonds is 6. The molecular formula is C18H15F2N3O4S. The van der Waals surface area contributed by atoms with Crippen LogP contribution in [0, 0.1) is 11.6 Å². The summed E-state index contributed by atoms with van der Waals surface area (Å²) in [6.07, 6.45) is 1.20. The van der Waals surface area contributed by atoms with Crippen LogP contribution in [0.4, 0.5) is 20.2 Å². The lowest BCUT2D eigenvalue weighted by molar-refractivity contribution is 0.0526. The largest absolute Gasteiger partial charge is 0.465 e. The minimum atomic E-state index is -1.09. The average molecular weight is 407 g/mol. The van der Waals surface area contributed by atoms with Crippen LogP contribution in [0.2, 0.25) is 0 Å². The van der Waals surface area contributed by atoms with Crippen LogP contribution in [0.5, 0.6) is 0 Å². The highest BCUT2D eigenvalue weighted by Gasteiger charge is 2.20. The predicted octanol–water partition coefficient (Wildman–Crippen LogP) is 3.98. The van der Waals surface area contributed by atoms with Crippen LogP contribution in [-0.4, -0.2) is 30.6 Å². The van der Waals surface area contributed by atoms with Crippen molar-refractivity contribution in [1.82, 2.24) is 4.98 Å². The first-order valence-electron chi connectivity index (χ1n) is 8.09. The molecule has 0 amide bonds. The molecule has 7 nitrogen and oxygen atoms in total. The van der Waals surface area contributed by atoms with Crippen molar-refractivity contribution < 1.29 is 27.8 Å². The first-order chi connectivity index (χ1) is 13.5. The van der Waals surface area contributed by atoms with Gasteiger partial charge in [-0.1, -0.05) is 0 Å². The number of hydrazine groups is 1. The number of carbonyl (C=O) groups is 2. The number of methoxy groups -OCH3 is 1. The van der Waals surface area contributed by atoms with Gasteiger partial charge in [-0.05, 0) is 24.4 Å². The van der Waals surface area contributed by atoms with Crippen LogP contribution < -0.4 is 10.9 Å². The second-order valence-electron chi connectivity index (χ2n) is 5.46. The molecule has 0 spiro atoms. The highest BCUT2D eigenvalue weighted by molar-refractivity contribution is 7.12. The van der Waals surface area contributed by atoms with Gasteiger partial charge in [0, 0.05) is 17.6 Å². The SMILES string of the molecule is CCOC(=O)c1cnc2cc(F)c(F)cc2c1NNc1ccsc1C(=O)OC. The van der Waals surface area contributed by atoms with Crippen molar-refractivity contribution in [3.05, 3.63) is 51.9 Å². The Labute approximate surface area is 162 Å². The van der Waals surface area contributed by atoms with E-state index in [0.29, 0.717) is 10.6 Å². The molecule has 28 heavy (non-hydrogen) atoms. The Hall–Kier alpha value is -3.27. The third-order valence-corrected chi connectivity index (χ3v) is 4.66. The molecule has 0 aliphatic rings. The van der Waals surface area contributed by atoms with E-state index in [2.05, 4.69) is 15.8 Å². The van der Waals surface area contributed by atoms with Gasteiger partial charge in [-0.25, -0.2) is 18.4 Å². The number of halogens is 2. The summed E-state index contributed by atoms with van der Waals surface area (Å²) in [5.41, 5.74) is 6.25. The minimum absolute atomic E-state index is 0.0164. The van der Waals surface area contributed by atoms with Gasteiger partial charge >= 0.3 is 11.9 Å². The van der Waals surface area contributed by atoms with E-state index in [1.165, 1.54) is 13.3 Å². The smallest absolute Gasteiger partial charge is 0.350 e. The molecule has 10 heteroatoms. The number of ether oxygens (including phenoxy) is 2. The van der Waals surface area contributed by atoms with Gasteiger partial charge in [-0.15, -0.1) is 11.3 Å². The van der Waals surface area contributed by atoms with Gasteiger partial charge < -0.3 is 9.47 Å². The van der Waals surface area contributed by atoms with E-state index in [-0.39, 0.29) is 28.8 Å². The van der Waals surface area contributed by atoms with Crippen LogP contribution in [-0.2, 0) is 9.47 Å². The van der Waals surface area contributed by atoms with E-state index in [0.717, 1.165) is 23.5 Å². The molecule has 3 rings (SSSR count). The lowest BCUT2D eigenvalue weighted by Gasteiger charge is -2.15. The standard InChI is InChI=1S/C18H15F2N3O4S/c1-3-27-17(24)10-8-21-14-7-12(20)11(19)6-9(14)15(10)23-22-13-4-5-28-16(13)18(25)26-2/h4-8,22H,3H2,1-2H3,(H,21,23). The second kappa shape index (κ2) is 8.17. The van der Waals surface area contributed by atoms with Gasteiger partial charge in [0.2, 0.25) is 0 Å². The zero-order valence-electron chi connectivity index (χ0n) is 14.8. The van der Waals surface area contributed by atoms with Gasteiger partial charge in [0.1, 0.15) is 10.4 Å². The van der Waals surface area contributed by atoms with Gasteiger partial charge in [-0.2, -0.15) is 0 Å². The van der Waals surface area contributed by atoms with Crippen molar-refractivity contribution in [2.24, 2.45) is 0 Å². The van der Waals surface area contributed by atoms with Crippen LogP contribution in [0.1, 0.15) is 27.0 Å². The summed E-state index contributed by atoms with van der Waals surface area (Å²) < 4.78 is 37.1. The number of anilines is 2. The number of hydrogen-bond donors (Lipinski definition) is 2. The third kappa shape index (κ3) is 3.72. The number of pyridine rings is 1. The fourth-order valence-electron chi connectivity index (χ4n) is 2.47. The molecule has 2 N–H and O–H groups in total. The van der Waals surface area contributed by atoms with Gasteiger partial charge in [-0.3, -0.25) is 15.8 Å².